The van der Waals surface area contributed by atoms with Gasteiger partial charge in [0.1, 0.15) is 0 Å². The Morgan fingerprint density at radius 2 is 2.00 bits per heavy atom. The first-order valence-electron chi connectivity index (χ1n) is 6.57. The Hall–Kier alpha value is -0.883. The van der Waals surface area contributed by atoms with Crippen LogP contribution in [-0.4, -0.2) is 39.4 Å². The number of hydrogen-bond acceptors (Lipinski definition) is 4. The van der Waals surface area contributed by atoms with Crippen LogP contribution in [0, 0.1) is 0 Å². The normalized spacial score (nSPS) is 24.2. The molecule has 1 fully saturated rings. The first-order chi connectivity index (χ1) is 8.54. The molecule has 1 saturated heterocycles. The van der Waals surface area contributed by atoms with Crippen molar-refractivity contribution in [3.63, 3.8) is 0 Å². The summed E-state index contributed by atoms with van der Waals surface area (Å²) in [5, 5.41) is 2.79. The van der Waals surface area contributed by atoms with Gasteiger partial charge in [-0.3, -0.25) is 4.79 Å². The van der Waals surface area contributed by atoms with Crippen molar-refractivity contribution in [1.82, 2.24) is 5.32 Å². The lowest BCUT2D eigenvalue weighted by molar-refractivity contribution is -0.150. The fourth-order valence-corrected chi connectivity index (χ4v) is 2.79. The monoisotopic (exact) mass is 287 g/mol. The molecule has 0 aliphatic carbocycles. The molecule has 1 heterocycles. The average molecular weight is 287 g/mol. The van der Waals surface area contributed by atoms with Gasteiger partial charge in [0.25, 0.3) is 0 Å². The highest BCUT2D eigenvalue weighted by Gasteiger charge is 2.48. The number of amides is 1. The zero-order valence-corrected chi connectivity index (χ0v) is 13.8. The van der Waals surface area contributed by atoms with Crippen LogP contribution in [0.2, 0.25) is 18.1 Å². The van der Waals surface area contributed by atoms with Gasteiger partial charge in [0.05, 0.1) is 13.7 Å². The van der Waals surface area contributed by atoms with Crippen LogP contribution in [-0.2, 0) is 18.8 Å². The number of carbonyl (C=O) groups is 2. The highest BCUT2D eigenvalue weighted by molar-refractivity contribution is 6.74. The molecule has 1 amide bonds. The molecule has 0 aromatic carbocycles. The molecule has 0 spiro atoms. The van der Waals surface area contributed by atoms with Crippen LogP contribution in [0.5, 0.6) is 0 Å². The van der Waals surface area contributed by atoms with E-state index in [1.807, 2.05) is 0 Å². The summed E-state index contributed by atoms with van der Waals surface area (Å²) in [5.41, 5.74) is -0.999. The largest absolute Gasteiger partial charge is 0.467 e. The Morgan fingerprint density at radius 1 is 1.42 bits per heavy atom. The van der Waals surface area contributed by atoms with E-state index in [1.165, 1.54) is 7.11 Å². The topological polar surface area (TPSA) is 64.6 Å². The lowest BCUT2D eigenvalue weighted by Crippen LogP contribution is -2.56. The van der Waals surface area contributed by atoms with Gasteiger partial charge in [0.2, 0.25) is 5.91 Å². The molecule has 1 aliphatic rings. The first kappa shape index (κ1) is 16.2. The van der Waals surface area contributed by atoms with Gasteiger partial charge in [-0.05, 0) is 24.6 Å². The zero-order valence-electron chi connectivity index (χ0n) is 12.8. The van der Waals surface area contributed by atoms with Crippen LogP contribution in [0.3, 0.4) is 0 Å². The summed E-state index contributed by atoms with van der Waals surface area (Å²) in [6, 6.07) is 0. The van der Waals surface area contributed by atoms with Crippen LogP contribution in [0.15, 0.2) is 0 Å². The van der Waals surface area contributed by atoms with E-state index in [1.54, 1.807) is 0 Å². The van der Waals surface area contributed by atoms with E-state index >= 15 is 0 Å². The average Bonchev–Trinajstić information content (AvgIpc) is 2.67. The Morgan fingerprint density at radius 3 is 2.37 bits per heavy atom. The number of rotatable bonds is 4. The molecular weight excluding hydrogens is 262 g/mol. The maximum atomic E-state index is 11.9. The van der Waals surface area contributed by atoms with Gasteiger partial charge in [-0.2, -0.15) is 0 Å². The molecule has 1 atom stereocenters. The lowest BCUT2D eigenvalue weighted by atomic mass is 9.99. The Balaban J connectivity index is 2.82. The van der Waals surface area contributed by atoms with E-state index < -0.39 is 19.8 Å². The number of hydrogen-bond donors (Lipinski definition) is 1. The van der Waals surface area contributed by atoms with Crippen LogP contribution in [0.4, 0.5) is 0 Å². The Bertz CT molecular complexity index is 375. The highest BCUT2D eigenvalue weighted by Crippen LogP contribution is 2.37. The minimum absolute atomic E-state index is 0.0624. The molecule has 1 unspecified atom stereocenters. The molecule has 0 aromatic heterocycles. The van der Waals surface area contributed by atoms with Crippen molar-refractivity contribution in [3.05, 3.63) is 0 Å². The first-order valence-corrected chi connectivity index (χ1v) is 9.48. The van der Waals surface area contributed by atoms with Crippen LogP contribution in [0.25, 0.3) is 0 Å². The van der Waals surface area contributed by atoms with Gasteiger partial charge >= 0.3 is 5.97 Å². The van der Waals surface area contributed by atoms with Gasteiger partial charge in [-0.25, -0.2) is 4.79 Å². The predicted octanol–water partition coefficient (Wildman–Crippen LogP) is 1.83. The summed E-state index contributed by atoms with van der Waals surface area (Å²) in [4.78, 5) is 23.4. The molecule has 5 nitrogen and oxygen atoms in total. The van der Waals surface area contributed by atoms with Gasteiger partial charge < -0.3 is 14.5 Å². The quantitative estimate of drug-likeness (QED) is 0.633. The summed E-state index contributed by atoms with van der Waals surface area (Å²) in [5.74, 6) is -0.540. The van der Waals surface area contributed by atoms with Gasteiger partial charge in [0.15, 0.2) is 13.9 Å². The van der Waals surface area contributed by atoms with Crippen molar-refractivity contribution in [2.45, 2.75) is 57.3 Å². The molecule has 0 bridgehead atoms. The van der Waals surface area contributed by atoms with Gasteiger partial charge in [-0.15, -0.1) is 0 Å². The number of nitrogens with one attached hydrogen (secondary N) is 1. The Labute approximate surface area is 116 Å². The van der Waals surface area contributed by atoms with Crippen LogP contribution < -0.4 is 5.32 Å². The van der Waals surface area contributed by atoms with E-state index in [2.05, 4.69) is 39.2 Å². The highest BCUT2D eigenvalue weighted by atomic mass is 28.4. The fourth-order valence-electron chi connectivity index (χ4n) is 1.75. The molecule has 110 valence electrons. The number of carbonyl (C=O) groups excluding carboxylic acids is 2. The molecule has 6 heteroatoms. The summed E-state index contributed by atoms with van der Waals surface area (Å²) in [6.07, 6.45) is 0.781. The molecule has 1 aliphatic heterocycles. The predicted molar refractivity (Wildman–Crippen MR) is 75.3 cm³/mol. The molecule has 0 radical (unpaired) electrons. The van der Waals surface area contributed by atoms with Crippen LogP contribution >= 0.6 is 0 Å². The third kappa shape index (κ3) is 3.36. The van der Waals surface area contributed by atoms with Crippen molar-refractivity contribution >= 4 is 20.2 Å². The summed E-state index contributed by atoms with van der Waals surface area (Å²) < 4.78 is 10.9. The molecule has 1 rings (SSSR count). The zero-order chi connectivity index (χ0) is 14.9. The summed E-state index contributed by atoms with van der Waals surface area (Å²) >= 11 is 0. The number of methoxy groups -OCH3 is 1. The number of ether oxygens (including phenoxy) is 1. The third-order valence-corrected chi connectivity index (χ3v) is 8.70. The smallest absolute Gasteiger partial charge is 0.333 e. The van der Waals surface area contributed by atoms with Crippen molar-refractivity contribution in [2.24, 2.45) is 0 Å². The van der Waals surface area contributed by atoms with Crippen LogP contribution in [0.1, 0.15) is 33.6 Å². The van der Waals surface area contributed by atoms with Crippen molar-refractivity contribution < 1.29 is 18.8 Å². The molecule has 0 aromatic rings. The summed E-state index contributed by atoms with van der Waals surface area (Å²) in [6.45, 7) is 10.8. The fraction of sp³-hybridized carbons (Fsp3) is 0.846. The second-order valence-electron chi connectivity index (χ2n) is 6.67. The minimum Gasteiger partial charge on any atom is -0.467 e. The van der Waals surface area contributed by atoms with Crippen molar-refractivity contribution in [3.8, 4) is 0 Å². The second kappa shape index (κ2) is 5.24. The second-order valence-corrected chi connectivity index (χ2v) is 11.5. The third-order valence-electron chi connectivity index (χ3n) is 4.22. The van der Waals surface area contributed by atoms with Gasteiger partial charge in [0, 0.05) is 6.42 Å². The Kier molecular flexibility index (Phi) is 4.46. The van der Waals surface area contributed by atoms with Crippen molar-refractivity contribution in [1.29, 1.82) is 0 Å². The number of esters is 1. The minimum atomic E-state index is -1.96. The van der Waals surface area contributed by atoms with E-state index in [9.17, 15) is 9.59 Å². The van der Waals surface area contributed by atoms with E-state index in [0.717, 1.165) is 0 Å². The maximum absolute atomic E-state index is 11.9. The SMILES string of the molecule is COC(=O)C1(CO[Si](C)(C)C(C)(C)C)CCC(=O)N1. The maximum Gasteiger partial charge on any atom is 0.333 e. The van der Waals surface area contributed by atoms with E-state index in [-0.39, 0.29) is 17.6 Å². The summed E-state index contributed by atoms with van der Waals surface area (Å²) in [7, 11) is -0.625. The molecular formula is C13H25NO4Si. The van der Waals surface area contributed by atoms with Gasteiger partial charge in [-0.1, -0.05) is 20.8 Å². The molecule has 1 N–H and O–H groups in total. The standard InChI is InChI=1S/C13H25NO4Si/c1-12(2,3)19(5,6)18-9-13(11(16)17-4)8-7-10(15)14-13/h7-9H2,1-6H3,(H,14,15). The van der Waals surface area contributed by atoms with E-state index in [0.29, 0.717) is 12.8 Å². The van der Waals surface area contributed by atoms with E-state index in [4.69, 9.17) is 9.16 Å². The molecule has 19 heavy (non-hydrogen) atoms. The lowest BCUT2D eigenvalue weighted by Gasteiger charge is -2.39. The molecule has 0 saturated carbocycles. The van der Waals surface area contributed by atoms with Crippen molar-refractivity contribution in [2.75, 3.05) is 13.7 Å².